The van der Waals surface area contributed by atoms with Crippen molar-refractivity contribution in [2.45, 2.75) is 17.5 Å². The largest absolute Gasteiger partial charge is 0.337 e. The highest BCUT2D eigenvalue weighted by molar-refractivity contribution is 7.98. The Kier molecular flexibility index (Phi) is 5.90. The third-order valence-electron chi connectivity index (χ3n) is 3.77. The van der Waals surface area contributed by atoms with Crippen molar-refractivity contribution >= 4 is 29.3 Å². The molecular formula is C18H16ClFN4OS. The Morgan fingerprint density at radius 3 is 2.69 bits per heavy atom. The molecule has 0 bridgehead atoms. The van der Waals surface area contributed by atoms with Crippen LogP contribution in [0.3, 0.4) is 0 Å². The molecule has 134 valence electrons. The zero-order valence-electron chi connectivity index (χ0n) is 13.9. The normalized spacial score (nSPS) is 10.7. The van der Waals surface area contributed by atoms with Crippen molar-refractivity contribution in [1.29, 1.82) is 0 Å². The Balaban J connectivity index is 1.63. The maximum Gasteiger partial charge on any atom is 0.253 e. The number of aromatic amines is 1. The minimum Gasteiger partial charge on any atom is -0.337 e. The van der Waals surface area contributed by atoms with Crippen LogP contribution in [0.1, 0.15) is 21.5 Å². The van der Waals surface area contributed by atoms with Crippen molar-refractivity contribution in [3.63, 3.8) is 0 Å². The first-order valence-electron chi connectivity index (χ1n) is 7.80. The molecule has 0 saturated carbocycles. The van der Waals surface area contributed by atoms with Crippen LogP contribution in [-0.2, 0) is 12.3 Å². The molecule has 5 nitrogen and oxygen atoms in total. The van der Waals surface area contributed by atoms with Crippen LogP contribution in [-0.4, -0.2) is 33.0 Å². The quantitative estimate of drug-likeness (QED) is 0.642. The van der Waals surface area contributed by atoms with E-state index in [0.717, 1.165) is 10.7 Å². The van der Waals surface area contributed by atoms with E-state index in [1.807, 2.05) is 12.1 Å². The van der Waals surface area contributed by atoms with E-state index in [1.54, 1.807) is 31.3 Å². The van der Waals surface area contributed by atoms with Gasteiger partial charge in [-0.25, -0.2) is 9.37 Å². The van der Waals surface area contributed by atoms with Gasteiger partial charge in [0.15, 0.2) is 5.16 Å². The van der Waals surface area contributed by atoms with Crippen LogP contribution in [0.15, 0.2) is 53.9 Å². The third-order valence-corrected chi connectivity index (χ3v) is 5.07. The van der Waals surface area contributed by atoms with Crippen molar-refractivity contribution in [2.24, 2.45) is 0 Å². The van der Waals surface area contributed by atoms with Gasteiger partial charge in [-0.3, -0.25) is 9.89 Å². The highest BCUT2D eigenvalue weighted by atomic mass is 35.5. The van der Waals surface area contributed by atoms with E-state index in [1.165, 1.54) is 29.1 Å². The molecule has 0 aliphatic rings. The molecule has 3 aromatic rings. The lowest BCUT2D eigenvalue weighted by Crippen LogP contribution is -2.26. The average molecular weight is 391 g/mol. The molecular weight excluding hydrogens is 375 g/mol. The smallest absolute Gasteiger partial charge is 0.253 e. The maximum atomic E-state index is 13.9. The Morgan fingerprint density at radius 2 is 2.04 bits per heavy atom. The Morgan fingerprint density at radius 1 is 1.27 bits per heavy atom. The van der Waals surface area contributed by atoms with Gasteiger partial charge in [0.05, 0.1) is 0 Å². The molecule has 8 heteroatoms. The number of nitrogens with zero attached hydrogens (tertiary/aromatic N) is 3. The molecule has 0 radical (unpaired) electrons. The zero-order chi connectivity index (χ0) is 18.5. The number of benzene rings is 2. The molecule has 3 rings (SSSR count). The third kappa shape index (κ3) is 4.42. The van der Waals surface area contributed by atoms with E-state index in [4.69, 9.17) is 11.6 Å². The van der Waals surface area contributed by atoms with Crippen LogP contribution >= 0.6 is 23.4 Å². The monoisotopic (exact) mass is 390 g/mol. The van der Waals surface area contributed by atoms with Crippen LogP contribution in [0, 0.1) is 5.82 Å². The molecule has 1 N–H and O–H groups in total. The van der Waals surface area contributed by atoms with Gasteiger partial charge in [-0.05, 0) is 29.8 Å². The Bertz CT molecular complexity index is 866. The average Bonchev–Trinajstić information content (AvgIpc) is 3.16. The summed E-state index contributed by atoms with van der Waals surface area (Å²) in [5.41, 5.74) is 1.90. The fraction of sp³-hybridized carbons (Fsp3) is 0.167. The number of amides is 1. The first-order valence-corrected chi connectivity index (χ1v) is 9.16. The summed E-state index contributed by atoms with van der Waals surface area (Å²) in [7, 11) is 1.62. The number of nitrogens with one attached hydrogen (secondary N) is 1. The van der Waals surface area contributed by atoms with Crippen molar-refractivity contribution in [1.82, 2.24) is 20.1 Å². The maximum absolute atomic E-state index is 13.9. The molecule has 0 aliphatic heterocycles. The van der Waals surface area contributed by atoms with Gasteiger partial charge < -0.3 is 4.90 Å². The highest BCUT2D eigenvalue weighted by Crippen LogP contribution is 2.22. The number of halogens is 2. The van der Waals surface area contributed by atoms with Crippen LogP contribution in [0.4, 0.5) is 4.39 Å². The van der Waals surface area contributed by atoms with Crippen LogP contribution in [0.25, 0.3) is 0 Å². The molecule has 0 aliphatic carbocycles. The fourth-order valence-electron chi connectivity index (χ4n) is 2.37. The zero-order valence-corrected chi connectivity index (χ0v) is 15.5. The summed E-state index contributed by atoms with van der Waals surface area (Å²) in [4.78, 5) is 18.1. The Hall–Kier alpha value is -2.38. The molecule has 26 heavy (non-hydrogen) atoms. The molecule has 1 amide bonds. The van der Waals surface area contributed by atoms with Gasteiger partial charge in [-0.2, -0.15) is 5.10 Å². The van der Waals surface area contributed by atoms with E-state index >= 15 is 0 Å². The number of rotatable bonds is 6. The van der Waals surface area contributed by atoms with Crippen LogP contribution < -0.4 is 0 Å². The predicted octanol–water partition coefficient (Wildman–Crippen LogP) is 4.16. The van der Waals surface area contributed by atoms with Gasteiger partial charge in [0.2, 0.25) is 0 Å². The van der Waals surface area contributed by atoms with E-state index < -0.39 is 5.82 Å². The number of aromatic nitrogens is 3. The molecule has 0 fully saturated rings. The van der Waals surface area contributed by atoms with Crippen molar-refractivity contribution in [2.75, 3.05) is 7.05 Å². The minimum absolute atomic E-state index is 0.105. The van der Waals surface area contributed by atoms with Gasteiger partial charge in [-0.15, -0.1) is 0 Å². The van der Waals surface area contributed by atoms with Crippen LogP contribution in [0.5, 0.6) is 0 Å². The number of thioether (sulfide) groups is 1. The van der Waals surface area contributed by atoms with E-state index in [0.29, 0.717) is 21.9 Å². The van der Waals surface area contributed by atoms with Gasteiger partial charge in [-0.1, -0.05) is 41.6 Å². The first-order chi connectivity index (χ1) is 12.5. The standard InChI is InChI=1S/C18H16ClFN4OS/c1-24(9-14-15(19)3-2-4-16(14)20)17(25)13-7-5-12(6-8-13)10-26-18-21-11-22-23-18/h2-8,11H,9-10H2,1H3,(H,21,22,23). The van der Waals surface area contributed by atoms with Gasteiger partial charge in [0.1, 0.15) is 12.1 Å². The van der Waals surface area contributed by atoms with Gasteiger partial charge >= 0.3 is 0 Å². The van der Waals surface area contributed by atoms with Crippen LogP contribution in [0.2, 0.25) is 5.02 Å². The minimum atomic E-state index is -0.420. The molecule has 2 aromatic carbocycles. The molecule has 1 heterocycles. The second kappa shape index (κ2) is 8.33. The molecule has 0 spiro atoms. The number of hydrogen-bond donors (Lipinski definition) is 1. The van der Waals surface area contributed by atoms with E-state index in [9.17, 15) is 9.18 Å². The number of carbonyl (C=O) groups excluding carboxylic acids is 1. The molecule has 0 atom stereocenters. The summed E-state index contributed by atoms with van der Waals surface area (Å²) in [6.07, 6.45) is 1.46. The summed E-state index contributed by atoms with van der Waals surface area (Å²) < 4.78 is 13.9. The SMILES string of the molecule is CN(Cc1c(F)cccc1Cl)C(=O)c1ccc(CSc2ncn[nH]2)cc1. The highest BCUT2D eigenvalue weighted by Gasteiger charge is 2.16. The lowest BCUT2D eigenvalue weighted by molar-refractivity contribution is 0.0784. The number of carbonyl (C=O) groups is 1. The van der Waals surface area contributed by atoms with Gasteiger partial charge in [0.25, 0.3) is 5.91 Å². The summed E-state index contributed by atoms with van der Waals surface area (Å²) in [5, 5.41) is 7.63. The fourth-order valence-corrected chi connectivity index (χ4v) is 3.33. The van der Waals surface area contributed by atoms with E-state index in [2.05, 4.69) is 15.2 Å². The van der Waals surface area contributed by atoms with Gasteiger partial charge in [0, 0.05) is 35.5 Å². The lowest BCUT2D eigenvalue weighted by Gasteiger charge is -2.18. The number of hydrogen-bond acceptors (Lipinski definition) is 4. The first kappa shape index (κ1) is 18.4. The van der Waals surface area contributed by atoms with Crippen molar-refractivity contribution in [3.8, 4) is 0 Å². The predicted molar refractivity (Wildman–Crippen MR) is 99.6 cm³/mol. The molecule has 0 saturated heterocycles. The second-order valence-electron chi connectivity index (χ2n) is 5.64. The summed E-state index contributed by atoms with van der Waals surface area (Å²) in [5.74, 6) is 0.0975. The Labute approximate surface area is 159 Å². The van der Waals surface area contributed by atoms with E-state index in [-0.39, 0.29) is 12.5 Å². The molecule has 1 aromatic heterocycles. The molecule has 0 unspecified atom stereocenters. The summed E-state index contributed by atoms with van der Waals surface area (Å²) >= 11 is 7.55. The summed E-state index contributed by atoms with van der Waals surface area (Å²) in [6.45, 7) is 0.105. The summed E-state index contributed by atoms with van der Waals surface area (Å²) in [6, 6.07) is 11.8. The van der Waals surface area contributed by atoms with Crippen molar-refractivity contribution < 1.29 is 9.18 Å². The lowest BCUT2D eigenvalue weighted by atomic mass is 10.1. The van der Waals surface area contributed by atoms with Crippen molar-refractivity contribution in [3.05, 3.63) is 76.3 Å². The number of H-pyrrole nitrogens is 1. The second-order valence-corrected chi connectivity index (χ2v) is 7.01. The topological polar surface area (TPSA) is 61.9 Å².